The van der Waals surface area contributed by atoms with Crippen molar-refractivity contribution in [2.24, 2.45) is 4.99 Å². The molecule has 3 nitrogen and oxygen atoms in total. The molecular weight excluding hydrogens is 166 g/mol. The van der Waals surface area contributed by atoms with Gasteiger partial charge in [-0.1, -0.05) is 24.1 Å². The minimum Gasteiger partial charge on any atom is -0.508 e. The second-order valence-electron chi connectivity index (χ2n) is 2.30. The first-order valence-electron chi connectivity index (χ1n) is 3.66. The van der Waals surface area contributed by atoms with Gasteiger partial charge >= 0.3 is 0 Å². The Hall–Kier alpha value is -2.04. The maximum Gasteiger partial charge on any atom is 0.249 e. The SMILES string of the molecule is O=C=NC#CCc1ccccc1O. The highest BCUT2D eigenvalue weighted by Crippen LogP contribution is 2.15. The fraction of sp³-hybridized carbons (Fsp3) is 0.100. The smallest absolute Gasteiger partial charge is 0.249 e. The Morgan fingerprint density at radius 3 is 2.85 bits per heavy atom. The minimum absolute atomic E-state index is 0.201. The summed E-state index contributed by atoms with van der Waals surface area (Å²) in [6.07, 6.45) is 1.68. The number of carbonyl (C=O) groups excluding carboxylic acids is 1. The van der Waals surface area contributed by atoms with Crippen LogP contribution in [0.15, 0.2) is 29.3 Å². The van der Waals surface area contributed by atoms with Crippen LogP contribution in [-0.2, 0) is 11.2 Å². The Bertz CT molecular complexity index is 395. The average molecular weight is 173 g/mol. The van der Waals surface area contributed by atoms with E-state index in [1.54, 1.807) is 24.3 Å². The molecule has 3 heteroatoms. The molecule has 0 saturated heterocycles. The van der Waals surface area contributed by atoms with Crippen LogP contribution in [0.2, 0.25) is 0 Å². The van der Waals surface area contributed by atoms with Gasteiger partial charge in [-0.05, 0) is 6.07 Å². The van der Waals surface area contributed by atoms with Gasteiger partial charge < -0.3 is 5.11 Å². The fourth-order valence-corrected chi connectivity index (χ4v) is 0.857. The lowest BCUT2D eigenvalue weighted by Crippen LogP contribution is -1.80. The molecule has 1 aromatic rings. The van der Waals surface area contributed by atoms with Gasteiger partial charge in [-0.15, -0.1) is 4.99 Å². The molecule has 0 aromatic heterocycles. The molecule has 0 aliphatic carbocycles. The molecule has 0 atom stereocenters. The van der Waals surface area contributed by atoms with Crippen molar-refractivity contribution in [2.75, 3.05) is 0 Å². The molecule has 0 radical (unpaired) electrons. The summed E-state index contributed by atoms with van der Waals surface area (Å²) >= 11 is 0. The van der Waals surface area contributed by atoms with Crippen molar-refractivity contribution in [3.05, 3.63) is 29.8 Å². The zero-order valence-electron chi connectivity index (χ0n) is 6.82. The molecule has 0 bridgehead atoms. The summed E-state index contributed by atoms with van der Waals surface area (Å²) < 4.78 is 0. The maximum atomic E-state index is 9.64. The number of rotatable bonds is 1. The molecule has 0 aliphatic rings. The van der Waals surface area contributed by atoms with E-state index < -0.39 is 0 Å². The predicted molar refractivity (Wildman–Crippen MR) is 47.7 cm³/mol. The van der Waals surface area contributed by atoms with Crippen LogP contribution in [0.3, 0.4) is 0 Å². The van der Waals surface area contributed by atoms with E-state index in [4.69, 9.17) is 0 Å². The number of aliphatic imine (C=N–C) groups is 1. The normalized spacial score (nSPS) is 8.00. The quantitative estimate of drug-likeness (QED) is 0.394. The number of phenolic OH excluding ortho intramolecular Hbond substituents is 1. The summed E-state index contributed by atoms with van der Waals surface area (Å²) in [6.45, 7) is 0. The maximum absolute atomic E-state index is 9.64. The largest absolute Gasteiger partial charge is 0.508 e. The standard InChI is InChI=1S/C10H7NO2/c12-8-11-7-3-5-9-4-1-2-6-10(9)13/h1-2,4,6,13H,5H2. The second kappa shape index (κ2) is 4.76. The number of hydrogen-bond donors (Lipinski definition) is 1. The third kappa shape index (κ3) is 2.82. The van der Waals surface area contributed by atoms with Crippen LogP contribution >= 0.6 is 0 Å². The zero-order chi connectivity index (χ0) is 9.52. The fourth-order valence-electron chi connectivity index (χ4n) is 0.857. The third-order valence-electron chi connectivity index (χ3n) is 1.45. The van der Waals surface area contributed by atoms with Crippen molar-refractivity contribution in [1.29, 1.82) is 0 Å². The van der Waals surface area contributed by atoms with E-state index in [9.17, 15) is 9.90 Å². The summed E-state index contributed by atoms with van der Waals surface area (Å²) in [5, 5.41) is 9.29. The van der Waals surface area contributed by atoms with Crippen molar-refractivity contribution in [2.45, 2.75) is 6.42 Å². The molecule has 0 amide bonds. The van der Waals surface area contributed by atoms with Crippen molar-refractivity contribution in [1.82, 2.24) is 0 Å². The monoisotopic (exact) mass is 173 g/mol. The number of para-hydroxylation sites is 1. The Balaban J connectivity index is 2.71. The molecule has 0 aliphatic heterocycles. The molecule has 0 heterocycles. The predicted octanol–water partition coefficient (Wildman–Crippen LogP) is 1.23. The Morgan fingerprint density at radius 2 is 2.15 bits per heavy atom. The molecule has 0 unspecified atom stereocenters. The number of nitrogens with zero attached hydrogens (tertiary/aromatic N) is 1. The van der Waals surface area contributed by atoms with E-state index in [2.05, 4.69) is 17.0 Å². The van der Waals surface area contributed by atoms with Gasteiger partial charge in [0.25, 0.3) is 0 Å². The average Bonchev–Trinajstić information content (AvgIpc) is 2.15. The van der Waals surface area contributed by atoms with E-state index in [0.717, 1.165) is 5.56 Å². The lowest BCUT2D eigenvalue weighted by atomic mass is 10.1. The number of aromatic hydroxyl groups is 1. The topological polar surface area (TPSA) is 49.7 Å². The molecule has 0 fully saturated rings. The van der Waals surface area contributed by atoms with Crippen LogP contribution in [0.5, 0.6) is 5.75 Å². The Morgan fingerprint density at radius 1 is 1.38 bits per heavy atom. The minimum atomic E-state index is 0.201. The van der Waals surface area contributed by atoms with E-state index in [-0.39, 0.29) is 5.75 Å². The van der Waals surface area contributed by atoms with Gasteiger partial charge in [0.15, 0.2) is 0 Å². The van der Waals surface area contributed by atoms with Crippen LogP contribution in [0, 0.1) is 12.0 Å². The van der Waals surface area contributed by atoms with Gasteiger partial charge in [0.2, 0.25) is 6.08 Å². The van der Waals surface area contributed by atoms with Crippen molar-refractivity contribution in [3.8, 4) is 17.7 Å². The molecular formula is C10H7NO2. The van der Waals surface area contributed by atoms with Crippen LogP contribution in [0.1, 0.15) is 5.56 Å². The highest BCUT2D eigenvalue weighted by Gasteiger charge is 1.94. The number of phenols is 1. The lowest BCUT2D eigenvalue weighted by Gasteiger charge is -1.96. The number of isocyanates is 1. The summed E-state index contributed by atoms with van der Waals surface area (Å²) in [5.74, 6) is 2.81. The van der Waals surface area contributed by atoms with Crippen molar-refractivity contribution in [3.63, 3.8) is 0 Å². The Kier molecular flexibility index (Phi) is 3.31. The van der Waals surface area contributed by atoms with Crippen LogP contribution in [0.25, 0.3) is 0 Å². The molecule has 1 rings (SSSR count). The van der Waals surface area contributed by atoms with Crippen LogP contribution in [-0.4, -0.2) is 11.2 Å². The van der Waals surface area contributed by atoms with E-state index in [1.165, 1.54) is 6.08 Å². The molecule has 1 aromatic carbocycles. The summed E-state index contributed by atoms with van der Waals surface area (Å²) in [6, 6.07) is 9.13. The highest BCUT2D eigenvalue weighted by atomic mass is 16.3. The molecule has 0 saturated carbocycles. The second-order valence-corrected chi connectivity index (χ2v) is 2.30. The van der Waals surface area contributed by atoms with Crippen molar-refractivity contribution >= 4 is 6.08 Å². The summed E-state index contributed by atoms with van der Waals surface area (Å²) in [7, 11) is 0. The van der Waals surface area contributed by atoms with E-state index in [1.807, 2.05) is 0 Å². The Labute approximate surface area is 75.7 Å². The van der Waals surface area contributed by atoms with Gasteiger partial charge in [-0.2, -0.15) is 0 Å². The third-order valence-corrected chi connectivity index (χ3v) is 1.45. The zero-order valence-corrected chi connectivity index (χ0v) is 6.82. The van der Waals surface area contributed by atoms with Crippen LogP contribution < -0.4 is 0 Å². The number of hydrogen-bond acceptors (Lipinski definition) is 3. The van der Waals surface area contributed by atoms with Crippen LogP contribution in [0.4, 0.5) is 0 Å². The molecule has 13 heavy (non-hydrogen) atoms. The molecule has 1 N–H and O–H groups in total. The highest BCUT2D eigenvalue weighted by molar-refractivity contribution is 5.38. The molecule has 64 valence electrons. The van der Waals surface area contributed by atoms with E-state index >= 15 is 0 Å². The summed E-state index contributed by atoms with van der Waals surface area (Å²) in [4.78, 5) is 12.7. The first kappa shape index (κ1) is 9.05. The van der Waals surface area contributed by atoms with Gasteiger partial charge in [0.05, 0.1) is 0 Å². The van der Waals surface area contributed by atoms with Gasteiger partial charge in [0, 0.05) is 18.0 Å². The summed E-state index contributed by atoms with van der Waals surface area (Å²) in [5.41, 5.74) is 0.719. The van der Waals surface area contributed by atoms with Gasteiger partial charge in [0.1, 0.15) is 5.75 Å². The number of benzene rings is 1. The first-order chi connectivity index (χ1) is 6.34. The lowest BCUT2D eigenvalue weighted by molar-refractivity contribution is 0.470. The van der Waals surface area contributed by atoms with Crippen molar-refractivity contribution < 1.29 is 9.90 Å². The van der Waals surface area contributed by atoms with Gasteiger partial charge in [-0.25, -0.2) is 4.79 Å². The van der Waals surface area contributed by atoms with E-state index in [0.29, 0.717) is 6.42 Å². The van der Waals surface area contributed by atoms with Gasteiger partial charge in [-0.3, -0.25) is 0 Å². The first-order valence-corrected chi connectivity index (χ1v) is 3.66. The molecule has 0 spiro atoms.